The van der Waals surface area contributed by atoms with Gasteiger partial charge in [-0.25, -0.2) is 0 Å². The highest BCUT2D eigenvalue weighted by molar-refractivity contribution is 7.99. The first-order valence-corrected chi connectivity index (χ1v) is 7.15. The van der Waals surface area contributed by atoms with E-state index in [9.17, 15) is 4.79 Å². The third-order valence-electron chi connectivity index (χ3n) is 2.98. The van der Waals surface area contributed by atoms with Gasteiger partial charge in [0.2, 0.25) is 0 Å². The summed E-state index contributed by atoms with van der Waals surface area (Å²) in [6, 6.07) is 8.45. The maximum absolute atomic E-state index is 11.8. The van der Waals surface area contributed by atoms with E-state index in [1.807, 2.05) is 0 Å². The van der Waals surface area contributed by atoms with E-state index in [0.29, 0.717) is 18.1 Å². The lowest BCUT2D eigenvalue weighted by molar-refractivity contribution is -0.120. The maximum atomic E-state index is 11.8. The minimum Gasteiger partial charge on any atom is -0.381 e. The Morgan fingerprint density at radius 3 is 3.12 bits per heavy atom. The van der Waals surface area contributed by atoms with E-state index in [1.165, 1.54) is 11.1 Å². The monoisotopic (exact) mass is 250 g/mol. The Hall–Kier alpha value is -0.800. The van der Waals surface area contributed by atoms with Crippen molar-refractivity contribution in [3.63, 3.8) is 0 Å². The third kappa shape index (κ3) is 3.86. The van der Waals surface area contributed by atoms with E-state index < -0.39 is 0 Å². The summed E-state index contributed by atoms with van der Waals surface area (Å²) in [7, 11) is 0. The Kier molecular flexibility index (Phi) is 4.63. The second-order valence-electron chi connectivity index (χ2n) is 4.51. The molecule has 1 atom stereocenters. The molecule has 1 fully saturated rings. The molecule has 0 N–H and O–H groups in total. The fraction of sp³-hybridized carbons (Fsp3) is 0.500. The van der Waals surface area contributed by atoms with Crippen LogP contribution in [0, 0.1) is 12.8 Å². The van der Waals surface area contributed by atoms with Crippen molar-refractivity contribution < 1.29 is 9.53 Å². The Labute approximate surface area is 107 Å². The van der Waals surface area contributed by atoms with Gasteiger partial charge in [0.1, 0.15) is 5.78 Å². The largest absolute Gasteiger partial charge is 0.381 e. The second-order valence-corrected chi connectivity index (χ2v) is 5.49. The molecule has 1 heterocycles. The topological polar surface area (TPSA) is 26.3 Å². The molecule has 92 valence electrons. The third-order valence-corrected chi connectivity index (χ3v) is 4.01. The fourth-order valence-electron chi connectivity index (χ4n) is 1.98. The van der Waals surface area contributed by atoms with Crippen LogP contribution >= 0.6 is 11.8 Å². The molecule has 1 aromatic rings. The Morgan fingerprint density at radius 2 is 2.41 bits per heavy atom. The van der Waals surface area contributed by atoms with Crippen molar-refractivity contribution in [1.82, 2.24) is 0 Å². The Bertz CT molecular complexity index is 384. The first kappa shape index (κ1) is 12.7. The smallest absolute Gasteiger partial charge is 0.148 e. The minimum absolute atomic E-state index is 0.153. The molecule has 2 rings (SSSR count). The van der Waals surface area contributed by atoms with Crippen molar-refractivity contribution in [2.45, 2.75) is 19.1 Å². The quantitative estimate of drug-likeness (QED) is 0.804. The van der Waals surface area contributed by atoms with Gasteiger partial charge in [-0.15, -0.1) is 11.8 Å². The summed E-state index contributed by atoms with van der Waals surface area (Å²) in [5, 5.41) is 0. The van der Waals surface area contributed by atoms with Crippen LogP contribution in [0.1, 0.15) is 17.5 Å². The van der Waals surface area contributed by atoms with Crippen molar-refractivity contribution in [2.24, 2.45) is 5.92 Å². The van der Waals surface area contributed by atoms with E-state index in [-0.39, 0.29) is 5.92 Å². The van der Waals surface area contributed by atoms with Crippen LogP contribution in [-0.4, -0.2) is 24.7 Å². The van der Waals surface area contributed by atoms with Crippen LogP contribution in [0.4, 0.5) is 0 Å². The van der Waals surface area contributed by atoms with Crippen LogP contribution in [0.5, 0.6) is 0 Å². The van der Waals surface area contributed by atoms with E-state index in [0.717, 1.165) is 18.8 Å². The number of carbonyl (C=O) groups is 1. The van der Waals surface area contributed by atoms with Gasteiger partial charge < -0.3 is 4.74 Å². The van der Waals surface area contributed by atoms with Crippen LogP contribution in [0.2, 0.25) is 0 Å². The molecule has 0 radical (unpaired) electrons. The summed E-state index contributed by atoms with van der Waals surface area (Å²) in [5.74, 6) is 2.03. The number of Topliss-reactive ketones (excluding diaryl/α,β-unsaturated/α-hetero) is 1. The molecule has 2 nitrogen and oxygen atoms in total. The number of thioether (sulfide) groups is 1. The fourth-order valence-corrected chi connectivity index (χ4v) is 2.93. The van der Waals surface area contributed by atoms with Crippen molar-refractivity contribution in [2.75, 3.05) is 19.0 Å². The molecule has 0 aromatic heterocycles. The number of aryl methyl sites for hydroxylation is 1. The maximum Gasteiger partial charge on any atom is 0.148 e. The molecule has 1 aliphatic rings. The lowest BCUT2D eigenvalue weighted by Crippen LogP contribution is -2.16. The van der Waals surface area contributed by atoms with Gasteiger partial charge in [0, 0.05) is 18.3 Å². The normalized spacial score (nSPS) is 19.5. The van der Waals surface area contributed by atoms with Gasteiger partial charge in [-0.05, 0) is 18.9 Å². The van der Waals surface area contributed by atoms with Gasteiger partial charge in [-0.3, -0.25) is 4.79 Å². The van der Waals surface area contributed by atoms with Crippen LogP contribution in [0.15, 0.2) is 24.3 Å². The highest BCUT2D eigenvalue weighted by Crippen LogP contribution is 2.18. The molecule has 17 heavy (non-hydrogen) atoms. The number of ketones is 1. The number of hydrogen-bond acceptors (Lipinski definition) is 3. The zero-order chi connectivity index (χ0) is 12.1. The average Bonchev–Trinajstić information content (AvgIpc) is 2.82. The number of ether oxygens (including phenoxy) is 1. The predicted octanol–water partition coefficient (Wildman–Crippen LogP) is 2.83. The molecule has 0 bridgehead atoms. The number of rotatable bonds is 5. The number of hydrogen-bond donors (Lipinski definition) is 0. The van der Waals surface area contributed by atoms with E-state index in [2.05, 4.69) is 31.2 Å². The second kappa shape index (κ2) is 6.22. The molecule has 0 aliphatic carbocycles. The highest BCUT2D eigenvalue weighted by Gasteiger charge is 2.22. The first-order chi connectivity index (χ1) is 8.25. The molecule has 1 unspecified atom stereocenters. The Balaban J connectivity index is 1.73. The van der Waals surface area contributed by atoms with E-state index in [1.54, 1.807) is 11.8 Å². The van der Waals surface area contributed by atoms with Crippen molar-refractivity contribution in [3.8, 4) is 0 Å². The van der Waals surface area contributed by atoms with Gasteiger partial charge in [0.05, 0.1) is 12.4 Å². The molecule has 0 saturated carbocycles. The van der Waals surface area contributed by atoms with E-state index >= 15 is 0 Å². The molecule has 3 heteroatoms. The summed E-state index contributed by atoms with van der Waals surface area (Å²) >= 11 is 1.70. The lowest BCUT2D eigenvalue weighted by Gasteiger charge is -2.06. The first-order valence-electron chi connectivity index (χ1n) is 5.99. The zero-order valence-corrected chi connectivity index (χ0v) is 11.0. The summed E-state index contributed by atoms with van der Waals surface area (Å²) in [6.45, 7) is 3.47. The highest BCUT2D eigenvalue weighted by atomic mass is 32.2. The minimum atomic E-state index is 0.153. The summed E-state index contributed by atoms with van der Waals surface area (Å²) in [6.07, 6.45) is 0.907. The van der Waals surface area contributed by atoms with Crippen LogP contribution < -0.4 is 0 Å². The molecule has 1 saturated heterocycles. The molecule has 0 amide bonds. The van der Waals surface area contributed by atoms with Gasteiger partial charge >= 0.3 is 0 Å². The number of carbonyl (C=O) groups excluding carboxylic acids is 1. The summed E-state index contributed by atoms with van der Waals surface area (Å²) in [5.41, 5.74) is 2.57. The number of benzene rings is 1. The Morgan fingerprint density at radius 1 is 1.53 bits per heavy atom. The average molecular weight is 250 g/mol. The van der Waals surface area contributed by atoms with Gasteiger partial charge in [0.25, 0.3) is 0 Å². The molecular formula is C14H18O2S. The zero-order valence-electron chi connectivity index (χ0n) is 10.1. The lowest BCUT2D eigenvalue weighted by atomic mass is 10.1. The summed E-state index contributed by atoms with van der Waals surface area (Å²) in [4.78, 5) is 11.8. The summed E-state index contributed by atoms with van der Waals surface area (Å²) < 4.78 is 5.23. The van der Waals surface area contributed by atoms with Gasteiger partial charge in [-0.2, -0.15) is 0 Å². The molecule has 0 spiro atoms. The molecular weight excluding hydrogens is 232 g/mol. The molecule has 1 aromatic carbocycles. The van der Waals surface area contributed by atoms with Crippen molar-refractivity contribution in [3.05, 3.63) is 35.4 Å². The predicted molar refractivity (Wildman–Crippen MR) is 71.3 cm³/mol. The van der Waals surface area contributed by atoms with Gasteiger partial charge in [-0.1, -0.05) is 29.8 Å². The van der Waals surface area contributed by atoms with Crippen LogP contribution in [0.3, 0.4) is 0 Å². The standard InChI is InChI=1S/C14H18O2S/c1-11-3-2-4-12(7-11)9-17-10-14(15)13-5-6-16-8-13/h2-4,7,13H,5-6,8-10H2,1H3. The van der Waals surface area contributed by atoms with Crippen LogP contribution in [-0.2, 0) is 15.3 Å². The van der Waals surface area contributed by atoms with Crippen molar-refractivity contribution in [1.29, 1.82) is 0 Å². The van der Waals surface area contributed by atoms with Crippen molar-refractivity contribution >= 4 is 17.5 Å². The molecule has 1 aliphatic heterocycles. The van der Waals surface area contributed by atoms with Crippen LogP contribution in [0.25, 0.3) is 0 Å². The van der Waals surface area contributed by atoms with Gasteiger partial charge in [0.15, 0.2) is 0 Å². The SMILES string of the molecule is Cc1cccc(CSCC(=O)C2CCOC2)c1. The van der Waals surface area contributed by atoms with E-state index in [4.69, 9.17) is 4.74 Å².